The van der Waals surface area contributed by atoms with Crippen LogP contribution < -0.4 is 15.5 Å². The molecule has 5 rings (SSSR count). The van der Waals surface area contributed by atoms with Crippen molar-refractivity contribution in [2.75, 3.05) is 36.4 Å². The van der Waals surface area contributed by atoms with Crippen molar-refractivity contribution in [3.63, 3.8) is 0 Å². The van der Waals surface area contributed by atoms with Crippen molar-refractivity contribution >= 4 is 34.5 Å². The number of hydrogen-bond donors (Lipinski definition) is 2. The molecule has 2 N–H and O–H groups in total. The van der Waals surface area contributed by atoms with E-state index in [9.17, 15) is 0 Å². The minimum Gasteiger partial charge on any atom is -0.364 e. The molecule has 4 aromatic rings. The number of aryl methyl sites for hydroxylation is 1. The van der Waals surface area contributed by atoms with Crippen LogP contribution in [0.1, 0.15) is 16.7 Å². The van der Waals surface area contributed by atoms with Crippen molar-refractivity contribution in [3.05, 3.63) is 76.6 Å². The van der Waals surface area contributed by atoms with E-state index in [1.165, 1.54) is 11.1 Å². The van der Waals surface area contributed by atoms with E-state index in [1.807, 2.05) is 30.6 Å². The van der Waals surface area contributed by atoms with Gasteiger partial charge in [0.2, 0.25) is 5.95 Å². The third-order valence-corrected chi connectivity index (χ3v) is 6.06. The van der Waals surface area contributed by atoms with E-state index in [4.69, 9.17) is 21.6 Å². The Hall–Kier alpha value is -3.16. The molecule has 1 fully saturated rings. The number of nitrogens with zero attached hydrogens (tertiary/aromatic N) is 5. The number of rotatable bonds is 6. The zero-order chi connectivity index (χ0) is 21.9. The summed E-state index contributed by atoms with van der Waals surface area (Å²) in [5.41, 5.74) is 5.08. The smallest absolute Gasteiger partial charge is 0.229 e. The number of imidazole rings is 1. The summed E-state index contributed by atoms with van der Waals surface area (Å²) in [5, 5.41) is 7.58. The molecule has 2 aromatic heterocycles. The van der Waals surface area contributed by atoms with Crippen LogP contribution in [0.2, 0.25) is 5.02 Å². The van der Waals surface area contributed by atoms with E-state index in [2.05, 4.69) is 56.3 Å². The summed E-state index contributed by atoms with van der Waals surface area (Å²) < 4.78 is 2.10. The minimum atomic E-state index is 0.567. The summed E-state index contributed by atoms with van der Waals surface area (Å²) in [7, 11) is 0. The van der Waals surface area contributed by atoms with Crippen LogP contribution >= 0.6 is 11.6 Å². The summed E-state index contributed by atoms with van der Waals surface area (Å²) in [5.74, 6) is 1.46. The fraction of sp³-hybridized carbons (Fsp3) is 0.292. The number of aromatic nitrogens is 4. The average Bonchev–Trinajstić information content (AvgIpc) is 3.22. The van der Waals surface area contributed by atoms with Crippen LogP contribution in [0.5, 0.6) is 0 Å². The van der Waals surface area contributed by atoms with Crippen LogP contribution in [0.25, 0.3) is 11.2 Å². The summed E-state index contributed by atoms with van der Waals surface area (Å²) in [4.78, 5) is 16.7. The fourth-order valence-corrected chi connectivity index (χ4v) is 4.21. The Labute approximate surface area is 192 Å². The van der Waals surface area contributed by atoms with Crippen LogP contribution in [0.4, 0.5) is 11.8 Å². The Morgan fingerprint density at radius 2 is 1.91 bits per heavy atom. The highest BCUT2D eigenvalue weighted by atomic mass is 35.5. The fourth-order valence-electron chi connectivity index (χ4n) is 4.01. The van der Waals surface area contributed by atoms with Crippen LogP contribution in [0.3, 0.4) is 0 Å². The van der Waals surface area contributed by atoms with Gasteiger partial charge in [0.1, 0.15) is 0 Å². The largest absolute Gasteiger partial charge is 0.364 e. The molecule has 0 aliphatic carbocycles. The third-order valence-electron chi connectivity index (χ3n) is 5.69. The van der Waals surface area contributed by atoms with Gasteiger partial charge in [-0.15, -0.1) is 0 Å². The van der Waals surface area contributed by atoms with Crippen molar-refractivity contribution in [1.29, 1.82) is 0 Å². The van der Waals surface area contributed by atoms with Crippen LogP contribution in [0, 0.1) is 6.92 Å². The van der Waals surface area contributed by atoms with Gasteiger partial charge in [-0.2, -0.15) is 9.97 Å². The van der Waals surface area contributed by atoms with Gasteiger partial charge in [-0.1, -0.05) is 59.6 Å². The maximum absolute atomic E-state index is 6.36. The highest BCUT2D eigenvalue weighted by Gasteiger charge is 2.19. The van der Waals surface area contributed by atoms with E-state index in [1.54, 1.807) is 0 Å². The van der Waals surface area contributed by atoms with Gasteiger partial charge in [-0.25, -0.2) is 4.98 Å². The molecule has 1 aliphatic rings. The molecular formula is C24H26ClN7. The van der Waals surface area contributed by atoms with Crippen LogP contribution in [-0.2, 0) is 13.1 Å². The first kappa shape index (κ1) is 20.7. The summed E-state index contributed by atoms with van der Waals surface area (Å²) in [6.45, 7) is 6.98. The number of fused-ring (bicyclic) bond motifs is 1. The molecule has 0 spiro atoms. The highest BCUT2D eigenvalue weighted by Crippen LogP contribution is 2.25. The maximum atomic E-state index is 6.36. The maximum Gasteiger partial charge on any atom is 0.229 e. The molecule has 0 bridgehead atoms. The molecule has 7 nitrogen and oxygen atoms in total. The Morgan fingerprint density at radius 1 is 1.06 bits per heavy atom. The van der Waals surface area contributed by atoms with Gasteiger partial charge in [0.25, 0.3) is 0 Å². The van der Waals surface area contributed by atoms with Gasteiger partial charge in [0, 0.05) is 37.7 Å². The Kier molecular flexibility index (Phi) is 5.92. The molecular weight excluding hydrogens is 422 g/mol. The molecule has 1 saturated heterocycles. The molecule has 164 valence electrons. The number of halogens is 1. The van der Waals surface area contributed by atoms with E-state index < -0.39 is 0 Å². The number of anilines is 2. The predicted molar refractivity (Wildman–Crippen MR) is 129 cm³/mol. The first-order chi connectivity index (χ1) is 15.7. The molecule has 0 saturated carbocycles. The average molecular weight is 448 g/mol. The minimum absolute atomic E-state index is 0.567. The molecule has 1 aliphatic heterocycles. The molecule has 8 heteroatoms. The van der Waals surface area contributed by atoms with E-state index in [0.29, 0.717) is 13.1 Å². The van der Waals surface area contributed by atoms with Crippen molar-refractivity contribution in [2.45, 2.75) is 20.0 Å². The first-order valence-electron chi connectivity index (χ1n) is 10.9. The van der Waals surface area contributed by atoms with Gasteiger partial charge in [-0.05, 0) is 24.1 Å². The second-order valence-corrected chi connectivity index (χ2v) is 8.50. The van der Waals surface area contributed by atoms with Crippen molar-refractivity contribution in [2.24, 2.45) is 0 Å². The first-order valence-corrected chi connectivity index (χ1v) is 11.3. The quantitative estimate of drug-likeness (QED) is 0.467. The summed E-state index contributed by atoms with van der Waals surface area (Å²) in [6, 6.07) is 16.4. The molecule has 32 heavy (non-hydrogen) atoms. The zero-order valence-corrected chi connectivity index (χ0v) is 18.8. The van der Waals surface area contributed by atoms with Gasteiger partial charge in [0.15, 0.2) is 17.0 Å². The normalized spacial score (nSPS) is 14.1. The second-order valence-electron chi connectivity index (χ2n) is 8.09. The molecule has 0 amide bonds. The lowest BCUT2D eigenvalue weighted by Gasteiger charge is -2.27. The Bertz CT molecular complexity index is 1230. The lowest BCUT2D eigenvalue weighted by molar-refractivity contribution is 0.580. The standard InChI is InChI=1S/C24H26ClN7/c1-17-5-4-6-18(13-17)15-32-16-28-21-22(27-14-19-7-2-3-8-20(19)25)29-24(30-23(21)32)31-11-9-26-10-12-31/h2-8,13,16,26H,9-12,14-15H2,1H3,(H,27,29,30). The number of nitrogens with one attached hydrogen (secondary N) is 2. The third kappa shape index (κ3) is 4.40. The van der Waals surface area contributed by atoms with Crippen LogP contribution in [0.15, 0.2) is 54.9 Å². The van der Waals surface area contributed by atoms with E-state index in [-0.39, 0.29) is 0 Å². The van der Waals surface area contributed by atoms with Crippen LogP contribution in [-0.4, -0.2) is 45.7 Å². The highest BCUT2D eigenvalue weighted by molar-refractivity contribution is 6.31. The second kappa shape index (κ2) is 9.14. The predicted octanol–water partition coefficient (Wildman–Crippen LogP) is 3.86. The lowest BCUT2D eigenvalue weighted by atomic mass is 10.1. The van der Waals surface area contributed by atoms with Gasteiger partial charge < -0.3 is 20.1 Å². The summed E-state index contributed by atoms with van der Waals surface area (Å²) in [6.07, 6.45) is 1.85. The molecule has 0 unspecified atom stereocenters. The van der Waals surface area contributed by atoms with E-state index >= 15 is 0 Å². The number of hydrogen-bond acceptors (Lipinski definition) is 6. The van der Waals surface area contributed by atoms with Crippen molar-refractivity contribution in [1.82, 2.24) is 24.8 Å². The Morgan fingerprint density at radius 3 is 2.72 bits per heavy atom. The van der Waals surface area contributed by atoms with Gasteiger partial charge in [0.05, 0.1) is 12.9 Å². The molecule has 2 aromatic carbocycles. The van der Waals surface area contributed by atoms with Gasteiger partial charge >= 0.3 is 0 Å². The zero-order valence-electron chi connectivity index (χ0n) is 18.1. The Balaban J connectivity index is 1.52. The monoisotopic (exact) mass is 447 g/mol. The van der Waals surface area contributed by atoms with Gasteiger partial charge in [-0.3, -0.25) is 0 Å². The SMILES string of the molecule is Cc1cccc(Cn2cnc3c(NCc4ccccc4Cl)nc(N4CCNCC4)nc32)c1. The summed E-state index contributed by atoms with van der Waals surface area (Å²) >= 11 is 6.36. The van der Waals surface area contributed by atoms with Crippen molar-refractivity contribution in [3.8, 4) is 0 Å². The van der Waals surface area contributed by atoms with E-state index in [0.717, 1.165) is 59.7 Å². The number of benzene rings is 2. The lowest BCUT2D eigenvalue weighted by Crippen LogP contribution is -2.44. The molecule has 0 atom stereocenters. The molecule has 3 heterocycles. The number of piperazine rings is 1. The van der Waals surface area contributed by atoms with Crippen molar-refractivity contribution < 1.29 is 0 Å². The topological polar surface area (TPSA) is 70.9 Å². The molecule has 0 radical (unpaired) electrons.